The van der Waals surface area contributed by atoms with Crippen LogP contribution in [-0.4, -0.2) is 41.9 Å². The monoisotopic (exact) mass is 392 g/mol. The first-order valence-electron chi connectivity index (χ1n) is 7.86. The molecule has 0 atom stereocenters. The Labute approximate surface area is 150 Å². The Hall–Kier alpha value is -1.17. The number of carbonyl (C=O) groups excluding carboxylic acids is 1. The van der Waals surface area contributed by atoms with E-state index >= 15 is 0 Å². The minimum absolute atomic E-state index is 0.159. The molecule has 1 fully saturated rings. The van der Waals surface area contributed by atoms with Crippen molar-refractivity contribution in [2.75, 3.05) is 26.2 Å². The van der Waals surface area contributed by atoms with E-state index < -0.39 is 0 Å². The molecule has 0 unspecified atom stereocenters. The lowest BCUT2D eigenvalue weighted by atomic mass is 10.1. The standard InChI is InChI=1S/C18H21BrN2OS/c1-13-3-4-15(11-14(13)2)18(22)21-9-7-20(8-10-21)12-16-5-6-17(19)23-16/h3-6,11H,7-10,12H2,1-2H3. The molecule has 0 N–H and O–H groups in total. The van der Waals surface area contributed by atoms with Crippen LogP contribution in [0.3, 0.4) is 0 Å². The van der Waals surface area contributed by atoms with Gasteiger partial charge in [-0.15, -0.1) is 11.3 Å². The van der Waals surface area contributed by atoms with E-state index in [4.69, 9.17) is 0 Å². The third-order valence-electron chi connectivity index (χ3n) is 4.42. The quantitative estimate of drug-likeness (QED) is 0.785. The lowest BCUT2D eigenvalue weighted by Crippen LogP contribution is -2.48. The largest absolute Gasteiger partial charge is 0.336 e. The van der Waals surface area contributed by atoms with E-state index in [1.165, 1.54) is 19.8 Å². The summed E-state index contributed by atoms with van der Waals surface area (Å²) in [4.78, 5) is 18.4. The molecular weight excluding hydrogens is 372 g/mol. The predicted molar refractivity (Wildman–Crippen MR) is 99.1 cm³/mol. The number of carbonyl (C=O) groups is 1. The molecule has 2 heterocycles. The number of aryl methyl sites for hydroxylation is 2. The van der Waals surface area contributed by atoms with Crippen molar-refractivity contribution in [1.82, 2.24) is 9.80 Å². The van der Waals surface area contributed by atoms with Crippen molar-refractivity contribution in [3.05, 3.63) is 55.7 Å². The van der Waals surface area contributed by atoms with E-state index in [1.807, 2.05) is 23.1 Å². The van der Waals surface area contributed by atoms with Crippen LogP contribution < -0.4 is 0 Å². The SMILES string of the molecule is Cc1ccc(C(=O)N2CCN(Cc3ccc(Br)s3)CC2)cc1C. The van der Waals surface area contributed by atoms with Gasteiger partial charge in [-0.25, -0.2) is 0 Å². The van der Waals surface area contributed by atoms with Gasteiger partial charge in [0.15, 0.2) is 0 Å². The molecule has 1 amide bonds. The molecule has 2 aromatic rings. The van der Waals surface area contributed by atoms with E-state index in [2.05, 4.69) is 46.8 Å². The normalized spacial score (nSPS) is 15.9. The summed E-state index contributed by atoms with van der Waals surface area (Å²) in [5.41, 5.74) is 3.22. The lowest BCUT2D eigenvalue weighted by molar-refractivity contribution is 0.0629. The molecule has 1 aliphatic rings. The Balaban J connectivity index is 1.57. The Morgan fingerprint density at radius 1 is 1.09 bits per heavy atom. The molecule has 0 aliphatic carbocycles. The first-order chi connectivity index (χ1) is 11.0. The number of thiophene rings is 1. The molecule has 1 aliphatic heterocycles. The number of rotatable bonds is 3. The fourth-order valence-corrected chi connectivity index (χ4v) is 4.35. The summed E-state index contributed by atoms with van der Waals surface area (Å²) >= 11 is 5.29. The highest BCUT2D eigenvalue weighted by Gasteiger charge is 2.22. The second kappa shape index (κ2) is 7.16. The molecule has 3 nitrogen and oxygen atoms in total. The van der Waals surface area contributed by atoms with Crippen molar-refractivity contribution in [2.24, 2.45) is 0 Å². The molecule has 0 saturated carbocycles. The molecule has 1 aromatic carbocycles. The van der Waals surface area contributed by atoms with Gasteiger partial charge >= 0.3 is 0 Å². The van der Waals surface area contributed by atoms with Crippen molar-refractivity contribution in [3.8, 4) is 0 Å². The number of hydrogen-bond donors (Lipinski definition) is 0. The van der Waals surface area contributed by atoms with Crippen molar-refractivity contribution in [1.29, 1.82) is 0 Å². The third-order valence-corrected chi connectivity index (χ3v) is 6.03. The summed E-state index contributed by atoms with van der Waals surface area (Å²) < 4.78 is 1.18. The molecule has 5 heteroatoms. The van der Waals surface area contributed by atoms with Gasteiger partial charge in [0, 0.05) is 43.2 Å². The van der Waals surface area contributed by atoms with Crippen LogP contribution in [-0.2, 0) is 6.54 Å². The van der Waals surface area contributed by atoms with E-state index in [9.17, 15) is 4.79 Å². The van der Waals surface area contributed by atoms with Gasteiger partial charge in [-0.05, 0) is 65.2 Å². The first kappa shape index (κ1) is 16.7. The number of halogens is 1. The van der Waals surface area contributed by atoms with Crippen molar-refractivity contribution in [3.63, 3.8) is 0 Å². The van der Waals surface area contributed by atoms with Gasteiger partial charge in [0.25, 0.3) is 5.91 Å². The zero-order chi connectivity index (χ0) is 16.4. The van der Waals surface area contributed by atoms with Crippen LogP contribution in [0.15, 0.2) is 34.1 Å². The lowest BCUT2D eigenvalue weighted by Gasteiger charge is -2.34. The number of nitrogens with zero attached hydrogens (tertiary/aromatic N) is 2. The average Bonchev–Trinajstić information content (AvgIpc) is 2.95. The summed E-state index contributed by atoms with van der Waals surface area (Å²) in [5, 5.41) is 0. The Morgan fingerprint density at radius 2 is 1.83 bits per heavy atom. The molecule has 122 valence electrons. The smallest absolute Gasteiger partial charge is 0.253 e. The van der Waals surface area contributed by atoms with Gasteiger partial charge in [-0.1, -0.05) is 6.07 Å². The van der Waals surface area contributed by atoms with Crippen LogP contribution in [0.5, 0.6) is 0 Å². The molecule has 0 spiro atoms. The van der Waals surface area contributed by atoms with Gasteiger partial charge < -0.3 is 4.90 Å². The molecule has 3 rings (SSSR count). The highest BCUT2D eigenvalue weighted by atomic mass is 79.9. The Bertz CT molecular complexity index is 705. The van der Waals surface area contributed by atoms with Gasteiger partial charge in [0.05, 0.1) is 3.79 Å². The van der Waals surface area contributed by atoms with E-state index in [0.29, 0.717) is 0 Å². The number of piperazine rings is 1. The van der Waals surface area contributed by atoms with Crippen molar-refractivity contribution >= 4 is 33.2 Å². The van der Waals surface area contributed by atoms with Crippen LogP contribution in [0.2, 0.25) is 0 Å². The van der Waals surface area contributed by atoms with Crippen LogP contribution >= 0.6 is 27.3 Å². The van der Waals surface area contributed by atoms with Gasteiger partial charge in [-0.3, -0.25) is 9.69 Å². The van der Waals surface area contributed by atoms with Gasteiger partial charge in [0.1, 0.15) is 0 Å². The van der Waals surface area contributed by atoms with Gasteiger partial charge in [0.2, 0.25) is 0 Å². The number of amides is 1. The average molecular weight is 393 g/mol. The van der Waals surface area contributed by atoms with Gasteiger partial charge in [-0.2, -0.15) is 0 Å². The fraction of sp³-hybridized carbons (Fsp3) is 0.389. The maximum Gasteiger partial charge on any atom is 0.253 e. The van der Waals surface area contributed by atoms with E-state index in [1.54, 1.807) is 11.3 Å². The maximum absolute atomic E-state index is 12.6. The second-order valence-corrected chi connectivity index (χ2v) is 8.62. The molecule has 0 radical (unpaired) electrons. The Kier molecular flexibility index (Phi) is 5.19. The minimum Gasteiger partial charge on any atom is -0.336 e. The maximum atomic E-state index is 12.6. The molecule has 23 heavy (non-hydrogen) atoms. The van der Waals surface area contributed by atoms with E-state index in [-0.39, 0.29) is 5.91 Å². The van der Waals surface area contributed by atoms with Crippen molar-refractivity contribution < 1.29 is 4.79 Å². The molecular formula is C18H21BrN2OS. The summed E-state index contributed by atoms with van der Waals surface area (Å²) in [5.74, 6) is 0.159. The third kappa shape index (κ3) is 4.03. The summed E-state index contributed by atoms with van der Waals surface area (Å²) in [7, 11) is 0. The highest BCUT2D eigenvalue weighted by Crippen LogP contribution is 2.23. The summed E-state index contributed by atoms with van der Waals surface area (Å²) in [6.45, 7) is 8.59. The first-order valence-corrected chi connectivity index (χ1v) is 9.47. The summed E-state index contributed by atoms with van der Waals surface area (Å²) in [6.07, 6.45) is 0. The van der Waals surface area contributed by atoms with E-state index in [0.717, 1.165) is 38.3 Å². The molecule has 1 aromatic heterocycles. The Morgan fingerprint density at radius 3 is 2.43 bits per heavy atom. The van der Waals surface area contributed by atoms with Crippen LogP contribution in [0.1, 0.15) is 26.4 Å². The van der Waals surface area contributed by atoms with Crippen molar-refractivity contribution in [2.45, 2.75) is 20.4 Å². The summed E-state index contributed by atoms with van der Waals surface area (Å²) in [6, 6.07) is 10.3. The van der Waals surface area contributed by atoms with Crippen LogP contribution in [0, 0.1) is 13.8 Å². The number of benzene rings is 1. The van der Waals surface area contributed by atoms with Crippen LogP contribution in [0.25, 0.3) is 0 Å². The van der Waals surface area contributed by atoms with Crippen LogP contribution in [0.4, 0.5) is 0 Å². The zero-order valence-corrected chi connectivity index (χ0v) is 15.9. The topological polar surface area (TPSA) is 23.6 Å². The zero-order valence-electron chi connectivity index (χ0n) is 13.5. The fourth-order valence-electron chi connectivity index (χ4n) is 2.82. The molecule has 1 saturated heterocycles. The minimum atomic E-state index is 0.159. The second-order valence-electron chi connectivity index (χ2n) is 6.07. The highest BCUT2D eigenvalue weighted by molar-refractivity contribution is 9.11. The number of hydrogen-bond acceptors (Lipinski definition) is 3. The molecule has 0 bridgehead atoms. The predicted octanol–water partition coefficient (Wildman–Crippen LogP) is 4.09.